The second kappa shape index (κ2) is 5.90. The first kappa shape index (κ1) is 13.8. The van der Waals surface area contributed by atoms with E-state index in [1.807, 2.05) is 6.92 Å². The van der Waals surface area contributed by atoms with Crippen molar-refractivity contribution >= 4 is 11.9 Å². The molecule has 6 heteroatoms. The molecule has 6 nitrogen and oxygen atoms in total. The summed E-state index contributed by atoms with van der Waals surface area (Å²) in [6.07, 6.45) is 0.925. The van der Waals surface area contributed by atoms with Gasteiger partial charge in [0.25, 0.3) is 5.91 Å². The van der Waals surface area contributed by atoms with Gasteiger partial charge in [-0.3, -0.25) is 4.79 Å². The Labute approximate surface area is 104 Å². The summed E-state index contributed by atoms with van der Waals surface area (Å²) >= 11 is 0. The highest BCUT2D eigenvalue weighted by Gasteiger charge is 2.20. The third-order valence-corrected chi connectivity index (χ3v) is 2.35. The molecule has 98 valence electrons. The van der Waals surface area contributed by atoms with Crippen molar-refractivity contribution < 1.29 is 24.9 Å². The van der Waals surface area contributed by atoms with Crippen LogP contribution in [0.2, 0.25) is 0 Å². The number of benzene rings is 1. The quantitative estimate of drug-likeness (QED) is 0.628. The van der Waals surface area contributed by atoms with Gasteiger partial charge in [-0.25, -0.2) is 4.79 Å². The van der Waals surface area contributed by atoms with E-state index in [1.165, 1.54) is 0 Å². The monoisotopic (exact) mass is 253 g/mol. The summed E-state index contributed by atoms with van der Waals surface area (Å²) in [5, 5.41) is 29.7. The zero-order valence-corrected chi connectivity index (χ0v) is 9.88. The Hall–Kier alpha value is -2.24. The van der Waals surface area contributed by atoms with E-state index in [-0.39, 0.29) is 17.1 Å². The number of aliphatic carboxylic acids is 1. The number of phenolic OH excluding ortho intramolecular Hbond substituents is 2. The maximum atomic E-state index is 11.7. The molecule has 1 aromatic rings. The average molecular weight is 253 g/mol. The van der Waals surface area contributed by atoms with Crippen LogP contribution in [-0.2, 0) is 4.79 Å². The summed E-state index contributed by atoms with van der Waals surface area (Å²) in [4.78, 5) is 22.6. The number of aromatic hydroxyl groups is 2. The largest absolute Gasteiger partial charge is 0.508 e. The maximum absolute atomic E-state index is 11.7. The predicted octanol–water partition coefficient (Wildman–Crippen LogP) is 1.08. The molecule has 1 amide bonds. The van der Waals surface area contributed by atoms with Gasteiger partial charge in [-0.1, -0.05) is 13.3 Å². The molecular formula is C12H15NO5. The summed E-state index contributed by atoms with van der Waals surface area (Å²) in [5.74, 6) is -2.29. The van der Waals surface area contributed by atoms with Crippen molar-refractivity contribution in [3.8, 4) is 11.5 Å². The van der Waals surface area contributed by atoms with E-state index in [9.17, 15) is 19.8 Å². The minimum Gasteiger partial charge on any atom is -0.508 e. The number of carboxylic acids is 1. The summed E-state index contributed by atoms with van der Waals surface area (Å²) in [6, 6.07) is 2.41. The van der Waals surface area contributed by atoms with Crippen molar-refractivity contribution in [1.82, 2.24) is 5.32 Å². The van der Waals surface area contributed by atoms with Crippen molar-refractivity contribution in [2.45, 2.75) is 25.8 Å². The van der Waals surface area contributed by atoms with Crippen LogP contribution in [0.4, 0.5) is 0 Å². The van der Waals surface area contributed by atoms with Crippen molar-refractivity contribution in [3.05, 3.63) is 23.8 Å². The Balaban J connectivity index is 2.83. The van der Waals surface area contributed by atoms with Gasteiger partial charge in [-0.05, 0) is 18.6 Å². The lowest BCUT2D eigenvalue weighted by molar-refractivity contribution is -0.139. The molecule has 0 radical (unpaired) electrons. The van der Waals surface area contributed by atoms with Crippen LogP contribution in [0, 0.1) is 0 Å². The molecule has 0 unspecified atom stereocenters. The van der Waals surface area contributed by atoms with Gasteiger partial charge >= 0.3 is 5.97 Å². The Kier molecular flexibility index (Phi) is 4.53. The zero-order valence-electron chi connectivity index (χ0n) is 9.88. The van der Waals surface area contributed by atoms with Gasteiger partial charge in [-0.15, -0.1) is 0 Å². The van der Waals surface area contributed by atoms with E-state index >= 15 is 0 Å². The summed E-state index contributed by atoms with van der Waals surface area (Å²) < 4.78 is 0. The molecule has 0 aliphatic rings. The number of phenols is 2. The number of nitrogens with one attached hydrogen (secondary N) is 1. The summed E-state index contributed by atoms with van der Waals surface area (Å²) in [5.41, 5.74) is 0.00912. The fourth-order valence-corrected chi connectivity index (χ4v) is 1.51. The standard InChI is InChI=1S/C12H15NO5/c1-2-3-10(12(17)18)13-11(16)7-4-8(14)6-9(15)5-7/h4-6,10,14-15H,2-3H2,1H3,(H,13,16)(H,17,18)/t10-/m0/s1. The first-order valence-electron chi connectivity index (χ1n) is 5.50. The number of amides is 1. The molecule has 1 atom stereocenters. The van der Waals surface area contributed by atoms with Gasteiger partial charge in [0.1, 0.15) is 17.5 Å². The third kappa shape index (κ3) is 3.65. The van der Waals surface area contributed by atoms with E-state index in [2.05, 4.69) is 5.32 Å². The molecule has 0 aliphatic carbocycles. The van der Waals surface area contributed by atoms with Crippen molar-refractivity contribution in [2.24, 2.45) is 0 Å². The van der Waals surface area contributed by atoms with Crippen molar-refractivity contribution in [2.75, 3.05) is 0 Å². The molecule has 0 bridgehead atoms. The molecule has 0 saturated carbocycles. The molecule has 4 N–H and O–H groups in total. The SMILES string of the molecule is CCC[C@H](NC(=O)c1cc(O)cc(O)c1)C(=O)O. The van der Waals surface area contributed by atoms with Gasteiger partial charge in [0.2, 0.25) is 0 Å². The molecule has 0 aromatic heterocycles. The van der Waals surface area contributed by atoms with Crippen LogP contribution < -0.4 is 5.32 Å². The third-order valence-electron chi connectivity index (χ3n) is 2.35. The minimum absolute atomic E-state index is 0.00912. The molecule has 0 heterocycles. The van der Waals surface area contributed by atoms with Crippen molar-refractivity contribution in [3.63, 3.8) is 0 Å². The first-order valence-corrected chi connectivity index (χ1v) is 5.50. The van der Waals surface area contributed by atoms with Gasteiger partial charge in [-0.2, -0.15) is 0 Å². The van der Waals surface area contributed by atoms with Crippen LogP contribution in [0.5, 0.6) is 11.5 Å². The van der Waals surface area contributed by atoms with Crippen LogP contribution in [-0.4, -0.2) is 33.2 Å². The molecule has 0 fully saturated rings. The highest BCUT2D eigenvalue weighted by molar-refractivity contribution is 5.97. The molecule has 18 heavy (non-hydrogen) atoms. The Bertz CT molecular complexity index is 438. The normalized spacial score (nSPS) is 11.8. The topological polar surface area (TPSA) is 107 Å². The van der Waals surface area contributed by atoms with Crippen LogP contribution in [0.15, 0.2) is 18.2 Å². The van der Waals surface area contributed by atoms with E-state index in [0.29, 0.717) is 12.8 Å². The fraction of sp³-hybridized carbons (Fsp3) is 0.333. The summed E-state index contributed by atoms with van der Waals surface area (Å²) in [7, 11) is 0. The second-order valence-corrected chi connectivity index (χ2v) is 3.89. The minimum atomic E-state index is -1.12. The highest BCUT2D eigenvalue weighted by atomic mass is 16.4. The zero-order chi connectivity index (χ0) is 13.7. The number of rotatable bonds is 5. The lowest BCUT2D eigenvalue weighted by atomic mass is 10.1. The number of carboxylic acid groups (broad SMARTS) is 1. The Morgan fingerprint density at radius 3 is 2.22 bits per heavy atom. The molecule has 1 aromatic carbocycles. The van der Waals surface area contributed by atoms with Gasteiger partial charge in [0.05, 0.1) is 0 Å². The lowest BCUT2D eigenvalue weighted by Gasteiger charge is -2.13. The summed E-state index contributed by atoms with van der Waals surface area (Å²) in [6.45, 7) is 1.81. The van der Waals surface area contributed by atoms with Crippen LogP contribution in [0.25, 0.3) is 0 Å². The van der Waals surface area contributed by atoms with Gasteiger partial charge in [0.15, 0.2) is 0 Å². The van der Waals surface area contributed by atoms with Crippen LogP contribution >= 0.6 is 0 Å². The maximum Gasteiger partial charge on any atom is 0.326 e. The fourth-order valence-electron chi connectivity index (χ4n) is 1.51. The number of carbonyl (C=O) groups excluding carboxylic acids is 1. The predicted molar refractivity (Wildman–Crippen MR) is 63.6 cm³/mol. The lowest BCUT2D eigenvalue weighted by Crippen LogP contribution is -2.40. The van der Waals surface area contributed by atoms with Crippen LogP contribution in [0.1, 0.15) is 30.1 Å². The van der Waals surface area contributed by atoms with Crippen LogP contribution in [0.3, 0.4) is 0 Å². The smallest absolute Gasteiger partial charge is 0.326 e. The average Bonchev–Trinajstić information content (AvgIpc) is 2.26. The molecule has 0 spiro atoms. The van der Waals surface area contributed by atoms with Crippen molar-refractivity contribution in [1.29, 1.82) is 0 Å². The van der Waals surface area contributed by atoms with E-state index in [4.69, 9.17) is 5.11 Å². The van der Waals surface area contributed by atoms with E-state index in [0.717, 1.165) is 18.2 Å². The molecule has 0 saturated heterocycles. The number of carbonyl (C=O) groups is 2. The number of hydrogen-bond donors (Lipinski definition) is 4. The number of hydrogen-bond acceptors (Lipinski definition) is 4. The molecule has 1 rings (SSSR count). The Morgan fingerprint density at radius 2 is 1.78 bits per heavy atom. The van der Waals surface area contributed by atoms with Gasteiger partial charge < -0.3 is 20.6 Å². The van der Waals surface area contributed by atoms with Gasteiger partial charge in [0, 0.05) is 11.6 Å². The molecular weight excluding hydrogens is 238 g/mol. The second-order valence-electron chi connectivity index (χ2n) is 3.89. The van der Waals surface area contributed by atoms with E-state index in [1.54, 1.807) is 0 Å². The van der Waals surface area contributed by atoms with E-state index < -0.39 is 17.9 Å². The Morgan fingerprint density at radius 1 is 1.22 bits per heavy atom. The first-order chi connectivity index (χ1) is 8.43. The highest BCUT2D eigenvalue weighted by Crippen LogP contribution is 2.20. The molecule has 0 aliphatic heterocycles.